The number of Topliss-reactive ketones (excluding diaryl/α,β-unsaturated/α-hetero) is 1. The lowest BCUT2D eigenvalue weighted by Crippen LogP contribution is -2.48. The van der Waals surface area contributed by atoms with Gasteiger partial charge in [0.25, 0.3) is 0 Å². The van der Waals surface area contributed by atoms with Gasteiger partial charge in [0.2, 0.25) is 5.91 Å². The molecule has 2 N–H and O–H groups in total. The monoisotopic (exact) mass is 359 g/mol. The van der Waals surface area contributed by atoms with Crippen molar-refractivity contribution in [2.75, 3.05) is 25.0 Å². The van der Waals surface area contributed by atoms with E-state index in [1.807, 2.05) is 0 Å². The normalized spacial score (nSPS) is 22.3. The van der Waals surface area contributed by atoms with Crippen molar-refractivity contribution in [2.45, 2.75) is 44.8 Å². The number of likely N-dealkylation sites (tertiary alicyclic amines) is 1. The summed E-state index contributed by atoms with van der Waals surface area (Å²) in [6.45, 7) is 3.26. The zero-order valence-corrected chi connectivity index (χ0v) is 15.0. The molecule has 2 aliphatic rings. The minimum Gasteiger partial charge on any atom is -0.376 e. The van der Waals surface area contributed by atoms with Crippen LogP contribution in [0.25, 0.3) is 0 Å². The molecule has 2 fully saturated rings. The summed E-state index contributed by atoms with van der Waals surface area (Å²) < 4.78 is 5.51. The third-order valence-corrected chi connectivity index (χ3v) is 4.86. The van der Waals surface area contributed by atoms with Crippen molar-refractivity contribution in [2.24, 2.45) is 0 Å². The first-order chi connectivity index (χ1) is 12.5. The summed E-state index contributed by atoms with van der Waals surface area (Å²) in [6, 6.07) is 6.01. The minimum absolute atomic E-state index is 0.0614. The highest BCUT2D eigenvalue weighted by molar-refractivity contribution is 5.97. The van der Waals surface area contributed by atoms with E-state index in [2.05, 4.69) is 10.6 Å². The van der Waals surface area contributed by atoms with E-state index in [1.54, 1.807) is 29.2 Å². The third-order valence-electron chi connectivity index (χ3n) is 4.86. The predicted molar refractivity (Wildman–Crippen MR) is 97.2 cm³/mol. The lowest BCUT2D eigenvalue weighted by molar-refractivity contribution is -0.125. The Balaban J connectivity index is 1.58. The van der Waals surface area contributed by atoms with Gasteiger partial charge < -0.3 is 20.3 Å². The Morgan fingerprint density at radius 2 is 2.08 bits per heavy atom. The molecule has 2 saturated heterocycles. The number of nitrogens with zero attached hydrogens (tertiary/aromatic N) is 1. The zero-order valence-electron chi connectivity index (χ0n) is 15.0. The van der Waals surface area contributed by atoms with Crippen molar-refractivity contribution >= 4 is 23.4 Å². The molecule has 0 spiro atoms. The quantitative estimate of drug-likeness (QED) is 0.789. The van der Waals surface area contributed by atoms with Crippen molar-refractivity contribution in [3.63, 3.8) is 0 Å². The lowest BCUT2D eigenvalue weighted by Gasteiger charge is -2.25. The van der Waals surface area contributed by atoms with E-state index in [0.717, 1.165) is 25.9 Å². The molecule has 7 nitrogen and oxygen atoms in total. The fraction of sp³-hybridized carbons (Fsp3) is 0.526. The number of hydrogen-bond acceptors (Lipinski definition) is 4. The van der Waals surface area contributed by atoms with E-state index < -0.39 is 6.04 Å². The zero-order chi connectivity index (χ0) is 18.5. The van der Waals surface area contributed by atoms with Crippen molar-refractivity contribution in [1.82, 2.24) is 10.2 Å². The average molecular weight is 359 g/mol. The van der Waals surface area contributed by atoms with Gasteiger partial charge >= 0.3 is 6.03 Å². The molecule has 26 heavy (non-hydrogen) atoms. The number of ketones is 1. The number of hydrogen-bond donors (Lipinski definition) is 2. The molecule has 2 atom stereocenters. The van der Waals surface area contributed by atoms with Crippen molar-refractivity contribution < 1.29 is 19.1 Å². The molecule has 0 saturated carbocycles. The number of amides is 3. The van der Waals surface area contributed by atoms with Gasteiger partial charge in [-0.15, -0.1) is 0 Å². The number of benzene rings is 1. The third kappa shape index (κ3) is 4.40. The lowest BCUT2D eigenvalue weighted by atomic mass is 10.1. The molecule has 0 aliphatic carbocycles. The van der Waals surface area contributed by atoms with E-state index in [-0.39, 0.29) is 23.8 Å². The number of carbonyl (C=O) groups is 3. The Bertz CT molecular complexity index is 685. The number of carbonyl (C=O) groups excluding carboxylic acids is 3. The van der Waals surface area contributed by atoms with Crippen LogP contribution in [0, 0.1) is 0 Å². The highest BCUT2D eigenvalue weighted by atomic mass is 16.5. The van der Waals surface area contributed by atoms with Crippen LogP contribution >= 0.6 is 0 Å². The maximum atomic E-state index is 12.6. The second-order valence-electron chi connectivity index (χ2n) is 6.80. The van der Waals surface area contributed by atoms with E-state index in [4.69, 9.17) is 4.74 Å². The highest BCUT2D eigenvalue weighted by Gasteiger charge is 2.34. The molecule has 2 aliphatic heterocycles. The average Bonchev–Trinajstić information content (AvgIpc) is 3.31. The molecule has 0 unspecified atom stereocenters. The van der Waals surface area contributed by atoms with Gasteiger partial charge in [-0.3, -0.25) is 9.59 Å². The molecule has 0 radical (unpaired) electrons. The number of anilines is 1. The summed E-state index contributed by atoms with van der Waals surface area (Å²) in [5.41, 5.74) is 1.09. The second-order valence-corrected chi connectivity index (χ2v) is 6.80. The van der Waals surface area contributed by atoms with Crippen LogP contribution in [0.5, 0.6) is 0 Å². The van der Waals surface area contributed by atoms with Crippen LogP contribution in [0.4, 0.5) is 10.5 Å². The van der Waals surface area contributed by atoms with Crippen molar-refractivity contribution in [3.05, 3.63) is 29.8 Å². The molecule has 1 aromatic rings. The Labute approximate surface area is 153 Å². The molecule has 2 heterocycles. The summed E-state index contributed by atoms with van der Waals surface area (Å²) in [5.74, 6) is -0.195. The Kier molecular flexibility index (Phi) is 5.88. The highest BCUT2D eigenvalue weighted by Crippen LogP contribution is 2.20. The van der Waals surface area contributed by atoms with Crippen LogP contribution in [-0.2, 0) is 9.53 Å². The van der Waals surface area contributed by atoms with Gasteiger partial charge in [0.15, 0.2) is 5.78 Å². The van der Waals surface area contributed by atoms with Crippen LogP contribution in [-0.4, -0.2) is 54.5 Å². The largest absolute Gasteiger partial charge is 0.376 e. The van der Waals surface area contributed by atoms with Crippen molar-refractivity contribution in [1.29, 1.82) is 0 Å². The SMILES string of the molecule is CC(=O)c1cccc(NC(=O)N2CCC[C@H]2C(=O)NC[C@H]2CCCO2)c1. The number of nitrogens with one attached hydrogen (secondary N) is 2. The van der Waals surface area contributed by atoms with Crippen molar-refractivity contribution in [3.8, 4) is 0 Å². The maximum absolute atomic E-state index is 12.6. The summed E-state index contributed by atoms with van der Waals surface area (Å²) >= 11 is 0. The Morgan fingerprint density at radius 3 is 2.81 bits per heavy atom. The summed E-state index contributed by atoms with van der Waals surface area (Å²) in [6.07, 6.45) is 3.51. The topological polar surface area (TPSA) is 87.7 Å². The van der Waals surface area contributed by atoms with Crippen LogP contribution in [0.1, 0.15) is 43.0 Å². The van der Waals surface area contributed by atoms with E-state index in [9.17, 15) is 14.4 Å². The fourth-order valence-electron chi connectivity index (χ4n) is 3.43. The summed E-state index contributed by atoms with van der Waals surface area (Å²) in [4.78, 5) is 38.1. The van der Waals surface area contributed by atoms with Crippen LogP contribution < -0.4 is 10.6 Å². The molecule has 0 bridgehead atoms. The molecule has 3 amide bonds. The van der Waals surface area contributed by atoms with Gasteiger partial charge in [-0.2, -0.15) is 0 Å². The van der Waals surface area contributed by atoms with Gasteiger partial charge in [-0.1, -0.05) is 12.1 Å². The first kappa shape index (κ1) is 18.4. The molecule has 3 rings (SSSR count). The second kappa shape index (κ2) is 8.31. The standard InChI is InChI=1S/C19H25N3O4/c1-13(23)14-5-2-6-15(11-14)21-19(25)22-9-3-8-17(22)18(24)20-12-16-7-4-10-26-16/h2,5-6,11,16-17H,3-4,7-10,12H2,1H3,(H,20,24)(H,21,25)/t16-,17+/m1/s1. The predicted octanol–water partition coefficient (Wildman–Crippen LogP) is 2.18. The van der Waals surface area contributed by atoms with E-state index >= 15 is 0 Å². The van der Waals surface area contributed by atoms with E-state index in [0.29, 0.717) is 30.8 Å². The summed E-state index contributed by atoms with van der Waals surface area (Å²) in [7, 11) is 0. The number of ether oxygens (including phenoxy) is 1. The molecule has 140 valence electrons. The van der Waals surface area contributed by atoms with Crippen LogP contribution in [0.3, 0.4) is 0 Å². The number of urea groups is 1. The molecule has 7 heteroatoms. The van der Waals surface area contributed by atoms with E-state index in [1.165, 1.54) is 6.92 Å². The number of rotatable bonds is 5. The van der Waals surface area contributed by atoms with Gasteiger partial charge in [0.05, 0.1) is 6.10 Å². The molecular weight excluding hydrogens is 334 g/mol. The van der Waals surface area contributed by atoms with Gasteiger partial charge in [0.1, 0.15) is 6.04 Å². The smallest absolute Gasteiger partial charge is 0.322 e. The maximum Gasteiger partial charge on any atom is 0.322 e. The Morgan fingerprint density at radius 1 is 1.23 bits per heavy atom. The molecule has 0 aromatic heterocycles. The first-order valence-corrected chi connectivity index (χ1v) is 9.12. The minimum atomic E-state index is -0.465. The fourth-order valence-corrected chi connectivity index (χ4v) is 3.43. The molecular formula is C19H25N3O4. The van der Waals surface area contributed by atoms with Gasteiger partial charge in [-0.05, 0) is 44.7 Å². The van der Waals surface area contributed by atoms with Crippen LogP contribution in [0.15, 0.2) is 24.3 Å². The van der Waals surface area contributed by atoms with Gasteiger partial charge in [-0.25, -0.2) is 4.79 Å². The van der Waals surface area contributed by atoms with Crippen LogP contribution in [0.2, 0.25) is 0 Å². The Hall–Kier alpha value is -2.41. The first-order valence-electron chi connectivity index (χ1n) is 9.12. The summed E-state index contributed by atoms with van der Waals surface area (Å²) in [5, 5.41) is 5.70. The van der Waals surface area contributed by atoms with Gasteiger partial charge in [0, 0.05) is 30.9 Å². The molecule has 1 aromatic carbocycles.